The number of sulfonamides is 1. The van der Waals surface area contributed by atoms with Crippen LogP contribution in [0.25, 0.3) is 0 Å². The molecule has 0 amide bonds. The molecule has 1 heterocycles. The topological polar surface area (TPSA) is 98.3 Å². The Kier molecular flexibility index (Phi) is 11.9. The number of nitrogens with zero attached hydrogens (tertiary/aromatic N) is 3. The van der Waals surface area contributed by atoms with Crippen LogP contribution >= 0.6 is 23.2 Å². The molecule has 9 nitrogen and oxygen atoms in total. The van der Waals surface area contributed by atoms with Gasteiger partial charge in [-0.2, -0.15) is 8.78 Å². The Balaban J connectivity index is 1.51. The minimum atomic E-state index is -3.46. The van der Waals surface area contributed by atoms with Crippen molar-refractivity contribution in [2.24, 2.45) is 5.92 Å². The van der Waals surface area contributed by atoms with Gasteiger partial charge in [0.1, 0.15) is 6.10 Å². The van der Waals surface area contributed by atoms with Crippen LogP contribution in [0.2, 0.25) is 16.9 Å². The van der Waals surface area contributed by atoms with Gasteiger partial charge in [0.15, 0.2) is 11.5 Å². The summed E-state index contributed by atoms with van der Waals surface area (Å²) < 4.78 is 67.8. The summed E-state index contributed by atoms with van der Waals surface area (Å²) in [6.45, 7) is -0.783. The van der Waals surface area contributed by atoms with Gasteiger partial charge < -0.3 is 18.4 Å². The van der Waals surface area contributed by atoms with Crippen LogP contribution in [0.4, 0.5) is 14.5 Å². The van der Waals surface area contributed by atoms with Crippen molar-refractivity contribution >= 4 is 52.3 Å². The Hall–Kier alpha value is -3.13. The van der Waals surface area contributed by atoms with E-state index in [1.54, 1.807) is 43.0 Å². The summed E-state index contributed by atoms with van der Waals surface area (Å²) in [4.78, 5) is 18.9. The zero-order valence-corrected chi connectivity index (χ0v) is 27.3. The smallest absolute Gasteiger partial charge is 0.387 e. The molecule has 1 aromatic heterocycles. The average Bonchev–Trinajstić information content (AvgIpc) is 3.79. The van der Waals surface area contributed by atoms with Crippen LogP contribution in [0, 0.1) is 5.92 Å². The van der Waals surface area contributed by atoms with Gasteiger partial charge in [-0.05, 0) is 66.8 Å². The largest absolute Gasteiger partial charge is 0.489 e. The Morgan fingerprint density at radius 3 is 2.33 bits per heavy atom. The van der Waals surface area contributed by atoms with E-state index in [1.165, 1.54) is 42.2 Å². The third-order valence-electron chi connectivity index (χ3n) is 6.98. The first-order valence-electron chi connectivity index (χ1n) is 14.1. The fourth-order valence-corrected chi connectivity index (χ4v) is 6.04. The monoisotopic (exact) mass is 682 g/mol. The molecule has 0 saturated heterocycles. The highest BCUT2D eigenvalue weighted by Gasteiger charge is 2.26. The molecule has 1 saturated carbocycles. The highest BCUT2D eigenvalue weighted by molar-refractivity contribution is 7.93. The number of ether oxygens (including phenoxy) is 3. The van der Waals surface area contributed by atoms with Gasteiger partial charge in [-0.3, -0.25) is 14.7 Å². The van der Waals surface area contributed by atoms with E-state index in [1.807, 2.05) is 0 Å². The molecule has 241 valence electrons. The summed E-state index contributed by atoms with van der Waals surface area (Å²) >= 11 is 12.8. The van der Waals surface area contributed by atoms with E-state index in [4.69, 9.17) is 32.7 Å². The van der Waals surface area contributed by atoms with Crippen molar-refractivity contribution < 1.29 is 36.2 Å². The highest BCUT2D eigenvalue weighted by Crippen LogP contribution is 2.38. The predicted molar refractivity (Wildman–Crippen MR) is 170 cm³/mol. The maximum Gasteiger partial charge on any atom is 0.387 e. The summed E-state index contributed by atoms with van der Waals surface area (Å²) in [5, 5.41) is 0.559. The van der Waals surface area contributed by atoms with E-state index < -0.39 is 28.7 Å². The van der Waals surface area contributed by atoms with Crippen molar-refractivity contribution in [3.63, 3.8) is 0 Å². The van der Waals surface area contributed by atoms with Gasteiger partial charge in [-0.15, -0.1) is 0 Å². The van der Waals surface area contributed by atoms with E-state index in [2.05, 4.69) is 9.72 Å². The van der Waals surface area contributed by atoms with Crippen LogP contribution in [0.15, 0.2) is 54.9 Å². The Morgan fingerprint density at radius 2 is 1.76 bits per heavy atom. The van der Waals surface area contributed by atoms with Crippen molar-refractivity contribution in [3.05, 3.63) is 81.6 Å². The van der Waals surface area contributed by atoms with Crippen molar-refractivity contribution in [1.82, 2.24) is 9.88 Å². The first-order valence-corrected chi connectivity index (χ1v) is 16.7. The van der Waals surface area contributed by atoms with Crippen LogP contribution in [0.3, 0.4) is 0 Å². The lowest BCUT2D eigenvalue weighted by atomic mass is 9.99. The van der Waals surface area contributed by atoms with E-state index >= 15 is 0 Å². The number of esters is 1. The fraction of sp³-hybridized carbons (Fsp3) is 0.400. The molecule has 4 rings (SSSR count). The molecule has 45 heavy (non-hydrogen) atoms. The molecule has 3 aromatic rings. The Labute approximate surface area is 272 Å². The molecule has 0 bridgehead atoms. The molecule has 1 radical (unpaired) electrons. The number of hydrogen-bond donors (Lipinski definition) is 0. The van der Waals surface area contributed by atoms with Crippen LogP contribution in [-0.4, -0.2) is 64.8 Å². The van der Waals surface area contributed by atoms with Crippen molar-refractivity contribution in [2.75, 3.05) is 30.7 Å². The normalized spacial score (nSPS) is 13.9. The van der Waals surface area contributed by atoms with Gasteiger partial charge >= 0.3 is 12.6 Å². The molecule has 2 aromatic carbocycles. The van der Waals surface area contributed by atoms with Crippen molar-refractivity contribution in [1.29, 1.82) is 0 Å². The number of carbonyl (C=O) groups excluding carboxylic acids is 1. The molecular formula is C30H33BCl2F2N3O6S. The van der Waals surface area contributed by atoms with Gasteiger partial charge in [0.2, 0.25) is 10.0 Å². The predicted octanol–water partition coefficient (Wildman–Crippen LogP) is 6.17. The maximum absolute atomic E-state index is 13.2. The number of likely N-dealkylation sites (N-methyl/N-ethyl adjacent to an activating group) is 1. The second-order valence-electron chi connectivity index (χ2n) is 10.8. The number of pyridine rings is 1. The number of benzene rings is 2. The average molecular weight is 683 g/mol. The van der Waals surface area contributed by atoms with E-state index in [0.29, 0.717) is 35.9 Å². The lowest BCUT2D eigenvalue weighted by molar-refractivity contribution is -0.150. The lowest BCUT2D eigenvalue weighted by Crippen LogP contribution is -2.32. The lowest BCUT2D eigenvalue weighted by Gasteiger charge is -2.23. The number of aromatic nitrogens is 1. The minimum absolute atomic E-state index is 0.0828. The van der Waals surface area contributed by atoms with Crippen LogP contribution in [0.1, 0.15) is 35.6 Å². The van der Waals surface area contributed by atoms with Crippen molar-refractivity contribution in [3.8, 4) is 11.5 Å². The van der Waals surface area contributed by atoms with E-state index in [-0.39, 0.29) is 34.5 Å². The second kappa shape index (κ2) is 15.4. The summed E-state index contributed by atoms with van der Waals surface area (Å²) in [7, 11) is -0.251. The quantitative estimate of drug-likeness (QED) is 0.131. The SMILES string of the molecule is C[B]N(c1ccc(CN(C)CC(=O)O[C@@H](Cc2c(Cl)cncc2Cl)c2ccc(OC(F)F)c(OCC3CC3)c2)cc1)S(C)(=O)=O. The standard InChI is InChI=1S/C30H33BCl2F2N3O6S/c1-31-38(45(3,40)41)22-9-6-19(7-10-22)16-37(2)17-29(39)43-27(13-23-24(32)14-36-15-25(23)33)21-8-11-26(44-30(34)35)28(12-21)42-18-20-4-5-20/h6-12,14-15,20,27,30H,4-5,13,16-18H2,1-3H3/t27-/m0/s1. The fourth-order valence-electron chi connectivity index (χ4n) is 4.63. The molecule has 1 fully saturated rings. The Bertz CT molecular complexity index is 1560. The van der Waals surface area contributed by atoms with Crippen LogP contribution in [0.5, 0.6) is 11.5 Å². The zero-order chi connectivity index (χ0) is 32.7. The first-order chi connectivity index (χ1) is 21.3. The third kappa shape index (κ3) is 10.2. The number of rotatable bonds is 16. The molecule has 1 aliphatic carbocycles. The molecule has 0 aliphatic heterocycles. The van der Waals surface area contributed by atoms with Gasteiger partial charge in [0, 0.05) is 31.0 Å². The maximum atomic E-state index is 13.2. The molecule has 1 atom stereocenters. The van der Waals surface area contributed by atoms with Crippen LogP contribution in [-0.2, 0) is 32.5 Å². The molecule has 0 spiro atoms. The molecule has 15 heteroatoms. The van der Waals surface area contributed by atoms with Crippen LogP contribution < -0.4 is 13.7 Å². The van der Waals surface area contributed by atoms with Crippen molar-refractivity contribution in [2.45, 2.75) is 45.3 Å². The summed E-state index contributed by atoms with van der Waals surface area (Å²) in [6.07, 6.45) is 5.16. The Morgan fingerprint density at radius 1 is 1.09 bits per heavy atom. The third-order valence-corrected chi connectivity index (χ3v) is 8.76. The summed E-state index contributed by atoms with van der Waals surface area (Å²) in [6, 6.07) is 11.3. The van der Waals surface area contributed by atoms with E-state index in [9.17, 15) is 22.0 Å². The second-order valence-corrected chi connectivity index (χ2v) is 13.4. The summed E-state index contributed by atoms with van der Waals surface area (Å²) in [5.74, 6) is -0.214. The zero-order valence-electron chi connectivity index (χ0n) is 25.0. The number of anilines is 1. The van der Waals surface area contributed by atoms with Gasteiger partial charge in [-0.1, -0.05) is 48.2 Å². The van der Waals surface area contributed by atoms with Gasteiger partial charge in [-0.25, -0.2) is 8.42 Å². The summed E-state index contributed by atoms with van der Waals surface area (Å²) in [5.41, 5.74) is 2.31. The number of carbonyl (C=O) groups is 1. The van der Waals surface area contributed by atoms with E-state index in [0.717, 1.165) is 24.7 Å². The molecular weight excluding hydrogens is 650 g/mol. The number of halogens is 4. The first kappa shape index (κ1) is 34.7. The number of hydrogen-bond acceptors (Lipinski definition) is 8. The van der Waals surface area contributed by atoms with Gasteiger partial charge in [0.25, 0.3) is 7.41 Å². The minimum Gasteiger partial charge on any atom is -0.489 e. The molecule has 0 unspecified atom stereocenters. The number of alkyl halides is 2. The molecule has 1 aliphatic rings. The molecule has 0 N–H and O–H groups in total. The highest BCUT2D eigenvalue weighted by atomic mass is 35.5. The van der Waals surface area contributed by atoms with Gasteiger partial charge in [0.05, 0.1) is 29.5 Å².